The van der Waals surface area contributed by atoms with Crippen molar-refractivity contribution in [3.8, 4) is 0 Å². The van der Waals surface area contributed by atoms with E-state index in [0.29, 0.717) is 11.4 Å². The summed E-state index contributed by atoms with van der Waals surface area (Å²) in [5, 5.41) is 0. The van der Waals surface area contributed by atoms with Crippen LogP contribution in [-0.2, 0) is 9.53 Å². The van der Waals surface area contributed by atoms with Gasteiger partial charge in [0.15, 0.2) is 0 Å². The molecule has 1 aromatic rings. The van der Waals surface area contributed by atoms with Crippen LogP contribution in [0.1, 0.15) is 25.5 Å². The van der Waals surface area contributed by atoms with Crippen molar-refractivity contribution < 1.29 is 9.53 Å². The predicted molar refractivity (Wildman–Crippen MR) is 68.6 cm³/mol. The zero-order valence-corrected chi connectivity index (χ0v) is 11.0. The quantitative estimate of drug-likeness (QED) is 0.798. The van der Waals surface area contributed by atoms with E-state index in [1.165, 1.54) is 7.11 Å². The minimum Gasteiger partial charge on any atom is -0.469 e. The first-order chi connectivity index (χ1) is 7.41. The van der Waals surface area contributed by atoms with Gasteiger partial charge in [-0.1, -0.05) is 6.07 Å². The van der Waals surface area contributed by atoms with Crippen LogP contribution in [0, 0.1) is 5.41 Å². The monoisotopic (exact) mass is 259 g/mol. The van der Waals surface area contributed by atoms with Crippen molar-refractivity contribution >= 4 is 24.2 Å². The highest BCUT2D eigenvalue weighted by Gasteiger charge is 2.37. The number of nitrogen functional groups attached to an aromatic ring is 1. The third kappa shape index (κ3) is 3.08. The topological polar surface area (TPSA) is 91.2 Å². The van der Waals surface area contributed by atoms with E-state index in [-0.39, 0.29) is 18.4 Å². The zero-order valence-electron chi connectivity index (χ0n) is 10.1. The van der Waals surface area contributed by atoms with Crippen LogP contribution in [0.2, 0.25) is 0 Å². The van der Waals surface area contributed by atoms with Crippen LogP contribution in [0.5, 0.6) is 0 Å². The summed E-state index contributed by atoms with van der Waals surface area (Å²) in [6.07, 6.45) is 1.58. The second-order valence-electron chi connectivity index (χ2n) is 4.17. The number of hydrogen-bond donors (Lipinski definition) is 2. The van der Waals surface area contributed by atoms with Gasteiger partial charge in [0.2, 0.25) is 0 Å². The summed E-state index contributed by atoms with van der Waals surface area (Å²) >= 11 is 0. The molecule has 0 unspecified atom stereocenters. The largest absolute Gasteiger partial charge is 0.469 e. The van der Waals surface area contributed by atoms with Crippen LogP contribution in [0.3, 0.4) is 0 Å². The Bertz CT molecular complexity index is 396. The van der Waals surface area contributed by atoms with Crippen molar-refractivity contribution in [1.29, 1.82) is 0 Å². The minimum absolute atomic E-state index is 0. The Morgan fingerprint density at radius 1 is 1.53 bits per heavy atom. The fourth-order valence-corrected chi connectivity index (χ4v) is 1.47. The van der Waals surface area contributed by atoms with Gasteiger partial charge in [-0.2, -0.15) is 0 Å². The number of nitrogens with zero attached hydrogens (tertiary/aromatic N) is 1. The number of esters is 1. The normalized spacial score (nSPS) is 12.5. The second kappa shape index (κ2) is 5.84. The molecule has 0 fully saturated rings. The summed E-state index contributed by atoms with van der Waals surface area (Å²) in [7, 11) is 1.34. The van der Waals surface area contributed by atoms with Crippen LogP contribution in [0.4, 0.5) is 5.82 Å². The van der Waals surface area contributed by atoms with Crippen molar-refractivity contribution in [1.82, 2.24) is 4.98 Å². The summed E-state index contributed by atoms with van der Waals surface area (Å²) in [4.78, 5) is 15.5. The molecule has 0 aliphatic carbocycles. The van der Waals surface area contributed by atoms with Crippen molar-refractivity contribution in [3.05, 3.63) is 23.9 Å². The van der Waals surface area contributed by atoms with Crippen LogP contribution in [0.15, 0.2) is 18.3 Å². The molecule has 0 radical (unpaired) electrons. The number of ether oxygens (including phenoxy) is 1. The molecule has 5 nitrogen and oxygen atoms in total. The third-order valence-corrected chi connectivity index (χ3v) is 2.70. The first-order valence-electron chi connectivity index (χ1n) is 4.95. The van der Waals surface area contributed by atoms with Crippen LogP contribution < -0.4 is 11.5 Å². The van der Waals surface area contributed by atoms with Gasteiger partial charge in [0, 0.05) is 17.8 Å². The van der Waals surface area contributed by atoms with E-state index in [2.05, 4.69) is 4.98 Å². The van der Waals surface area contributed by atoms with Gasteiger partial charge in [-0.25, -0.2) is 4.98 Å². The maximum Gasteiger partial charge on any atom is 0.313 e. The Hall–Kier alpha value is -1.33. The number of carbonyl (C=O) groups is 1. The second-order valence-corrected chi connectivity index (χ2v) is 4.17. The van der Waals surface area contributed by atoms with Gasteiger partial charge >= 0.3 is 5.97 Å². The lowest BCUT2D eigenvalue weighted by Crippen LogP contribution is -2.37. The number of halogens is 1. The van der Waals surface area contributed by atoms with E-state index < -0.39 is 11.5 Å². The van der Waals surface area contributed by atoms with Gasteiger partial charge < -0.3 is 16.2 Å². The molecular formula is C11H18ClN3O2. The maximum absolute atomic E-state index is 11.6. The standard InChI is InChI=1S/C11H17N3O2.ClH/c1-11(2,10(15)16-3)8(12)7-5-4-6-14-9(7)13;/h4-6,8H,12H2,1-3H3,(H2,13,14);1H/t8-;/m0./s1. The molecule has 96 valence electrons. The Labute approximate surface area is 107 Å². The molecular weight excluding hydrogens is 242 g/mol. The lowest BCUT2D eigenvalue weighted by Gasteiger charge is -2.29. The molecule has 1 heterocycles. The lowest BCUT2D eigenvalue weighted by atomic mass is 9.81. The molecule has 0 bridgehead atoms. The SMILES string of the molecule is COC(=O)C(C)(C)[C@@H](N)c1cccnc1N.Cl. The molecule has 0 saturated heterocycles. The average Bonchev–Trinajstić information content (AvgIpc) is 2.27. The summed E-state index contributed by atoms with van der Waals surface area (Å²) in [5.74, 6) is -0.0322. The highest BCUT2D eigenvalue weighted by molar-refractivity contribution is 5.85. The summed E-state index contributed by atoms with van der Waals surface area (Å²) < 4.78 is 4.72. The fraction of sp³-hybridized carbons (Fsp3) is 0.455. The first kappa shape index (κ1) is 15.7. The predicted octanol–water partition coefficient (Wildman–Crippen LogP) is 1.28. The molecule has 0 spiro atoms. The highest BCUT2D eigenvalue weighted by atomic mass is 35.5. The van der Waals surface area contributed by atoms with Crippen molar-refractivity contribution in [2.75, 3.05) is 12.8 Å². The summed E-state index contributed by atoms with van der Waals surface area (Å²) in [6.45, 7) is 3.44. The Morgan fingerprint density at radius 3 is 2.59 bits per heavy atom. The molecule has 0 aliphatic heterocycles. The van der Waals surface area contributed by atoms with Crippen LogP contribution >= 0.6 is 12.4 Å². The number of aromatic nitrogens is 1. The number of nitrogens with two attached hydrogens (primary N) is 2. The Kier molecular flexibility index (Phi) is 5.38. The van der Waals surface area contributed by atoms with Crippen molar-refractivity contribution in [3.63, 3.8) is 0 Å². The van der Waals surface area contributed by atoms with E-state index in [4.69, 9.17) is 16.2 Å². The minimum atomic E-state index is -0.841. The van der Waals surface area contributed by atoms with Gasteiger partial charge in [0.25, 0.3) is 0 Å². The molecule has 1 atom stereocenters. The van der Waals surface area contributed by atoms with Crippen molar-refractivity contribution in [2.24, 2.45) is 11.1 Å². The number of hydrogen-bond acceptors (Lipinski definition) is 5. The molecule has 0 aromatic carbocycles. The van der Waals surface area contributed by atoms with E-state index in [0.717, 1.165) is 0 Å². The van der Waals surface area contributed by atoms with Gasteiger partial charge in [-0.05, 0) is 19.9 Å². The van der Waals surface area contributed by atoms with E-state index in [1.54, 1.807) is 32.2 Å². The third-order valence-electron chi connectivity index (χ3n) is 2.70. The van der Waals surface area contributed by atoms with Crippen LogP contribution in [0.25, 0.3) is 0 Å². The Morgan fingerprint density at radius 2 is 2.12 bits per heavy atom. The van der Waals surface area contributed by atoms with E-state index in [9.17, 15) is 4.79 Å². The number of rotatable bonds is 3. The van der Waals surface area contributed by atoms with Gasteiger partial charge in [0.05, 0.1) is 12.5 Å². The molecule has 4 N–H and O–H groups in total. The summed E-state index contributed by atoms with van der Waals surface area (Å²) in [6, 6.07) is 2.95. The number of methoxy groups -OCH3 is 1. The first-order valence-corrected chi connectivity index (χ1v) is 4.95. The van der Waals surface area contributed by atoms with Crippen molar-refractivity contribution in [2.45, 2.75) is 19.9 Å². The molecule has 6 heteroatoms. The lowest BCUT2D eigenvalue weighted by molar-refractivity contribution is -0.152. The molecule has 1 aromatic heterocycles. The molecule has 0 amide bonds. The fourth-order valence-electron chi connectivity index (χ4n) is 1.47. The molecule has 0 aliphatic rings. The molecule has 0 saturated carbocycles. The molecule has 17 heavy (non-hydrogen) atoms. The maximum atomic E-state index is 11.6. The van der Waals surface area contributed by atoms with Gasteiger partial charge in [-0.15, -0.1) is 12.4 Å². The zero-order chi connectivity index (χ0) is 12.3. The smallest absolute Gasteiger partial charge is 0.313 e. The number of anilines is 1. The van der Waals surface area contributed by atoms with E-state index in [1.807, 2.05) is 0 Å². The molecule has 1 rings (SSSR count). The number of carbonyl (C=O) groups excluding carboxylic acids is 1. The van der Waals surface area contributed by atoms with Gasteiger partial charge in [-0.3, -0.25) is 4.79 Å². The summed E-state index contributed by atoms with van der Waals surface area (Å²) in [5.41, 5.74) is 11.6. The van der Waals surface area contributed by atoms with Gasteiger partial charge in [0.1, 0.15) is 5.82 Å². The number of pyridine rings is 1. The highest BCUT2D eigenvalue weighted by Crippen LogP contribution is 2.34. The van der Waals surface area contributed by atoms with Crippen LogP contribution in [-0.4, -0.2) is 18.1 Å². The average molecular weight is 260 g/mol. The Balaban J connectivity index is 0.00000256. The van der Waals surface area contributed by atoms with E-state index >= 15 is 0 Å².